The first-order chi connectivity index (χ1) is 21.8. The van der Waals surface area contributed by atoms with Gasteiger partial charge in [0.2, 0.25) is 11.1 Å². The first kappa shape index (κ1) is 32.4. The van der Waals surface area contributed by atoms with Crippen molar-refractivity contribution in [1.29, 1.82) is 0 Å². The van der Waals surface area contributed by atoms with E-state index in [1.807, 2.05) is 57.2 Å². The summed E-state index contributed by atoms with van der Waals surface area (Å²) in [5.74, 6) is 2.92. The third kappa shape index (κ3) is 7.48. The van der Waals surface area contributed by atoms with Gasteiger partial charge in [-0.2, -0.15) is 4.98 Å². The number of hydrogen-bond acceptors (Lipinski definition) is 8. The Morgan fingerprint density at radius 2 is 1.73 bits per heavy atom. The average Bonchev–Trinajstić information content (AvgIpc) is 3.43. The van der Waals surface area contributed by atoms with Crippen LogP contribution in [0.5, 0.6) is 17.2 Å². The number of carbonyl (C=O) groups is 1. The molecule has 0 saturated carbocycles. The molecule has 1 aromatic heterocycles. The minimum absolute atomic E-state index is 0.283. The van der Waals surface area contributed by atoms with Gasteiger partial charge in [-0.1, -0.05) is 60.6 Å². The van der Waals surface area contributed by atoms with Gasteiger partial charge in [-0.05, 0) is 85.4 Å². The number of hydrogen-bond donors (Lipinski definition) is 2. The Labute approximate surface area is 276 Å². The summed E-state index contributed by atoms with van der Waals surface area (Å²) in [4.78, 5) is 18.9. The molecule has 9 nitrogen and oxygen atoms in total. The molecule has 4 aromatic rings. The summed E-state index contributed by atoms with van der Waals surface area (Å²) < 4.78 is 20.7. The van der Waals surface area contributed by atoms with Crippen LogP contribution in [-0.4, -0.2) is 39.6 Å². The summed E-state index contributed by atoms with van der Waals surface area (Å²) in [6, 6.07) is 18.9. The molecule has 0 radical (unpaired) electrons. The molecule has 3 aromatic carbocycles. The number of allylic oxidation sites excluding steroid dienone is 1. The van der Waals surface area contributed by atoms with Crippen LogP contribution in [0.2, 0.25) is 0 Å². The second kappa shape index (κ2) is 14.9. The van der Waals surface area contributed by atoms with Crippen molar-refractivity contribution in [2.75, 3.05) is 29.6 Å². The Bertz CT molecular complexity index is 1690. The molecule has 1 aliphatic rings. The topological polar surface area (TPSA) is 99.5 Å². The number of aryl methyl sites for hydroxylation is 1. The van der Waals surface area contributed by atoms with Crippen LogP contribution in [0.1, 0.15) is 56.8 Å². The van der Waals surface area contributed by atoms with Crippen molar-refractivity contribution in [2.45, 2.75) is 58.8 Å². The highest BCUT2D eigenvalue weighted by molar-refractivity contribution is 9.10. The summed E-state index contributed by atoms with van der Waals surface area (Å²) in [6.07, 6.45) is 0.990. The number of rotatable bonds is 13. The van der Waals surface area contributed by atoms with E-state index in [9.17, 15) is 4.79 Å². The number of anilines is 2. The molecule has 0 aliphatic carbocycles. The van der Waals surface area contributed by atoms with E-state index in [0.717, 1.165) is 23.3 Å². The van der Waals surface area contributed by atoms with E-state index < -0.39 is 6.04 Å². The van der Waals surface area contributed by atoms with Crippen LogP contribution in [-0.2, 0) is 11.4 Å². The molecule has 45 heavy (non-hydrogen) atoms. The zero-order chi connectivity index (χ0) is 31.9. The Morgan fingerprint density at radius 3 is 2.47 bits per heavy atom. The lowest BCUT2D eigenvalue weighted by atomic mass is 9.94. The smallest absolute Gasteiger partial charge is 0.255 e. The number of benzene rings is 3. The van der Waals surface area contributed by atoms with Crippen LogP contribution in [0, 0.1) is 6.92 Å². The predicted molar refractivity (Wildman–Crippen MR) is 183 cm³/mol. The number of fused-ring (bicyclic) bond motifs is 1. The number of aromatic nitrogens is 3. The van der Waals surface area contributed by atoms with Crippen molar-refractivity contribution in [3.63, 3.8) is 0 Å². The third-order valence-electron chi connectivity index (χ3n) is 7.10. The fourth-order valence-corrected chi connectivity index (χ4v) is 6.28. The number of thioether (sulfide) groups is 1. The van der Waals surface area contributed by atoms with E-state index in [0.29, 0.717) is 69.6 Å². The highest BCUT2D eigenvalue weighted by Gasteiger charge is 2.36. The van der Waals surface area contributed by atoms with E-state index in [1.54, 1.807) is 16.4 Å². The quantitative estimate of drug-likeness (QED) is 0.136. The molecule has 1 atom stereocenters. The lowest BCUT2D eigenvalue weighted by Gasteiger charge is -2.29. The van der Waals surface area contributed by atoms with Crippen LogP contribution in [0.3, 0.4) is 0 Å². The molecule has 0 bridgehead atoms. The zero-order valence-corrected chi connectivity index (χ0v) is 28.5. The molecule has 2 N–H and O–H groups in total. The molecular weight excluding hydrogens is 654 g/mol. The third-order valence-corrected chi connectivity index (χ3v) is 8.73. The Morgan fingerprint density at radius 1 is 1.00 bits per heavy atom. The van der Waals surface area contributed by atoms with Crippen LogP contribution in [0.4, 0.5) is 11.6 Å². The highest BCUT2D eigenvalue weighted by atomic mass is 79.9. The van der Waals surface area contributed by atoms with E-state index in [-0.39, 0.29) is 5.91 Å². The summed E-state index contributed by atoms with van der Waals surface area (Å²) in [5, 5.41) is 11.9. The van der Waals surface area contributed by atoms with Crippen LogP contribution in [0.25, 0.3) is 0 Å². The number of halogens is 1. The monoisotopic (exact) mass is 691 g/mol. The van der Waals surface area contributed by atoms with Gasteiger partial charge < -0.3 is 24.8 Å². The maximum atomic E-state index is 14.2. The molecule has 2 heterocycles. The molecule has 0 fully saturated rings. The van der Waals surface area contributed by atoms with Gasteiger partial charge in [0, 0.05) is 11.4 Å². The van der Waals surface area contributed by atoms with Crippen molar-refractivity contribution in [3.8, 4) is 17.2 Å². The fourth-order valence-electron chi connectivity index (χ4n) is 5.02. The molecule has 1 aliphatic heterocycles. The molecule has 0 saturated heterocycles. The van der Waals surface area contributed by atoms with E-state index >= 15 is 0 Å². The van der Waals surface area contributed by atoms with Crippen molar-refractivity contribution in [2.24, 2.45) is 0 Å². The van der Waals surface area contributed by atoms with Gasteiger partial charge in [0.25, 0.3) is 5.91 Å². The number of carbonyl (C=O) groups excluding carboxylic acids is 1. The minimum atomic E-state index is -0.606. The van der Waals surface area contributed by atoms with Gasteiger partial charge in [-0.15, -0.1) is 5.10 Å². The first-order valence-electron chi connectivity index (χ1n) is 15.1. The van der Waals surface area contributed by atoms with E-state index in [2.05, 4.69) is 64.7 Å². The number of nitrogens with one attached hydrogen (secondary N) is 2. The Kier molecular flexibility index (Phi) is 10.7. The van der Waals surface area contributed by atoms with Gasteiger partial charge in [0.15, 0.2) is 11.5 Å². The van der Waals surface area contributed by atoms with Crippen molar-refractivity contribution >= 4 is 45.2 Å². The van der Waals surface area contributed by atoms with Crippen LogP contribution in [0.15, 0.2) is 81.6 Å². The SMILES string of the molecule is CCCSc1nc2n(n1)C(c1cc(Br)c(OCc3ccc(C)cc3)c(OCC)c1)C(C(=O)Nc1ccccc1OCC)=C(C)N2. The molecule has 1 amide bonds. The van der Waals surface area contributed by atoms with Gasteiger partial charge >= 0.3 is 0 Å². The predicted octanol–water partition coefficient (Wildman–Crippen LogP) is 8.16. The second-order valence-corrected chi connectivity index (χ2v) is 12.4. The van der Waals surface area contributed by atoms with Crippen molar-refractivity contribution in [3.05, 3.63) is 93.1 Å². The number of nitrogens with zero attached hydrogens (tertiary/aromatic N) is 3. The standard InChI is InChI=1S/C34H38BrN5O4S/c1-6-17-45-34-38-33-36-22(5)29(32(41)37-26-11-9-10-12-27(26)42-7-2)30(40(33)39-34)24-18-25(35)31(28(19-24)43-8-3)44-20-23-15-13-21(4)14-16-23/h9-16,18-19,30H,6-8,17,20H2,1-5H3,(H,37,41)(H,36,38,39). The van der Waals surface area contributed by atoms with E-state index in [1.165, 1.54) is 5.56 Å². The Hall–Kier alpha value is -3.96. The molecule has 0 spiro atoms. The molecular formula is C34H38BrN5O4S. The van der Waals surface area contributed by atoms with Crippen molar-refractivity contribution < 1.29 is 19.0 Å². The zero-order valence-electron chi connectivity index (χ0n) is 26.1. The molecule has 1 unspecified atom stereocenters. The maximum absolute atomic E-state index is 14.2. The lowest BCUT2D eigenvalue weighted by molar-refractivity contribution is -0.113. The summed E-state index contributed by atoms with van der Waals surface area (Å²) in [6.45, 7) is 11.2. The number of amides is 1. The lowest BCUT2D eigenvalue weighted by Crippen LogP contribution is -2.31. The molecule has 236 valence electrons. The highest BCUT2D eigenvalue weighted by Crippen LogP contribution is 2.44. The fraction of sp³-hybridized carbons (Fsp3) is 0.324. The summed E-state index contributed by atoms with van der Waals surface area (Å²) in [7, 11) is 0. The first-order valence-corrected chi connectivity index (χ1v) is 16.9. The maximum Gasteiger partial charge on any atom is 0.255 e. The van der Waals surface area contributed by atoms with Gasteiger partial charge in [-0.3, -0.25) is 4.79 Å². The Balaban J connectivity index is 1.56. The summed E-state index contributed by atoms with van der Waals surface area (Å²) in [5.41, 5.74) is 4.78. The average molecular weight is 693 g/mol. The number of ether oxygens (including phenoxy) is 3. The number of para-hydroxylation sites is 2. The normalized spacial score (nSPS) is 14.0. The van der Waals surface area contributed by atoms with Crippen molar-refractivity contribution in [1.82, 2.24) is 14.8 Å². The molecule has 5 rings (SSSR count). The van der Waals surface area contributed by atoms with E-state index in [4.69, 9.17) is 24.3 Å². The van der Waals surface area contributed by atoms with Gasteiger partial charge in [0.05, 0.1) is 28.9 Å². The van der Waals surface area contributed by atoms with Gasteiger partial charge in [0.1, 0.15) is 18.4 Å². The largest absolute Gasteiger partial charge is 0.492 e. The molecule has 11 heteroatoms. The van der Waals surface area contributed by atoms with Crippen LogP contribution >= 0.6 is 27.7 Å². The second-order valence-electron chi connectivity index (χ2n) is 10.5. The summed E-state index contributed by atoms with van der Waals surface area (Å²) >= 11 is 5.33. The van der Waals surface area contributed by atoms with Crippen LogP contribution < -0.4 is 24.8 Å². The van der Waals surface area contributed by atoms with Gasteiger partial charge in [-0.25, -0.2) is 4.68 Å². The minimum Gasteiger partial charge on any atom is -0.492 e.